The Labute approximate surface area is 204 Å². The van der Waals surface area contributed by atoms with Crippen molar-refractivity contribution in [3.05, 3.63) is 112 Å². The molecular weight excluding hydrogens is 436 g/mol. The van der Waals surface area contributed by atoms with Gasteiger partial charge in [0.1, 0.15) is 17.4 Å². The average Bonchev–Trinajstić information content (AvgIpc) is 2.85. The van der Waals surface area contributed by atoms with Crippen LogP contribution in [0.4, 0.5) is 5.69 Å². The van der Waals surface area contributed by atoms with Gasteiger partial charge in [0.05, 0.1) is 5.56 Å². The van der Waals surface area contributed by atoms with Crippen molar-refractivity contribution in [1.82, 2.24) is 0 Å². The third-order valence-electron chi connectivity index (χ3n) is 5.69. The Kier molecular flexibility index (Phi) is 6.75. The number of nitrogens with zero attached hydrogens (tertiary/aromatic N) is 1. The summed E-state index contributed by atoms with van der Waals surface area (Å²) in [6, 6.07) is 25.7. The maximum absolute atomic E-state index is 12.7. The molecule has 0 atom stereocenters. The number of amides is 1. The molecule has 4 aromatic carbocycles. The smallest absolute Gasteiger partial charge is 0.344 e. The van der Waals surface area contributed by atoms with Crippen molar-refractivity contribution in [2.24, 2.45) is 0 Å². The Bertz CT molecular complexity index is 1480. The van der Waals surface area contributed by atoms with E-state index in [4.69, 9.17) is 4.74 Å². The molecule has 0 aliphatic carbocycles. The molecule has 4 aromatic rings. The Balaban J connectivity index is 1.49. The number of nitrogens with one attached hydrogen (secondary N) is 1. The van der Waals surface area contributed by atoms with E-state index in [1.807, 2.05) is 75.4 Å². The van der Waals surface area contributed by atoms with Crippen LogP contribution in [-0.4, -0.2) is 11.9 Å². The summed E-state index contributed by atoms with van der Waals surface area (Å²) in [6.45, 7) is 5.84. The number of ether oxygens (including phenoxy) is 1. The molecule has 35 heavy (non-hydrogen) atoms. The van der Waals surface area contributed by atoms with Crippen molar-refractivity contribution < 1.29 is 14.3 Å². The van der Waals surface area contributed by atoms with Crippen LogP contribution in [0, 0.1) is 32.1 Å². The molecule has 1 N–H and O–H groups in total. The van der Waals surface area contributed by atoms with Crippen LogP contribution in [0.15, 0.2) is 84.4 Å². The lowest BCUT2D eigenvalue weighted by Crippen LogP contribution is -2.15. The SMILES string of the molecule is Cc1cc(C)c(NC(=O)C(C#N)=Cc2ccc(OC(=O)c3cccc4ccccc34)cc2)c(C)c1. The van der Waals surface area contributed by atoms with E-state index in [-0.39, 0.29) is 5.57 Å². The molecule has 5 heteroatoms. The number of hydrogen-bond donors (Lipinski definition) is 1. The van der Waals surface area contributed by atoms with Crippen LogP contribution in [0.25, 0.3) is 16.8 Å². The van der Waals surface area contributed by atoms with Crippen LogP contribution in [-0.2, 0) is 4.79 Å². The summed E-state index contributed by atoms with van der Waals surface area (Å²) in [5.41, 5.74) is 4.78. The third-order valence-corrected chi connectivity index (χ3v) is 5.69. The van der Waals surface area contributed by atoms with Gasteiger partial charge in [-0.3, -0.25) is 4.79 Å². The van der Waals surface area contributed by atoms with E-state index in [2.05, 4.69) is 5.32 Å². The summed E-state index contributed by atoms with van der Waals surface area (Å²) in [5.74, 6) is -0.561. The summed E-state index contributed by atoms with van der Waals surface area (Å²) < 4.78 is 5.55. The van der Waals surface area contributed by atoms with Crippen molar-refractivity contribution in [2.45, 2.75) is 20.8 Å². The van der Waals surface area contributed by atoms with Gasteiger partial charge in [0.25, 0.3) is 5.91 Å². The van der Waals surface area contributed by atoms with Gasteiger partial charge < -0.3 is 10.1 Å². The van der Waals surface area contributed by atoms with Gasteiger partial charge in [0, 0.05) is 5.69 Å². The number of hydrogen-bond acceptors (Lipinski definition) is 4. The molecule has 1 amide bonds. The molecule has 5 nitrogen and oxygen atoms in total. The highest BCUT2D eigenvalue weighted by Crippen LogP contribution is 2.24. The normalized spacial score (nSPS) is 11.1. The summed E-state index contributed by atoms with van der Waals surface area (Å²) in [6.07, 6.45) is 1.50. The predicted octanol–water partition coefficient (Wildman–Crippen LogP) is 6.53. The minimum absolute atomic E-state index is 0.0233. The largest absolute Gasteiger partial charge is 0.423 e. The van der Waals surface area contributed by atoms with E-state index < -0.39 is 11.9 Å². The summed E-state index contributed by atoms with van der Waals surface area (Å²) >= 11 is 0. The fourth-order valence-electron chi connectivity index (χ4n) is 4.07. The lowest BCUT2D eigenvalue weighted by molar-refractivity contribution is -0.112. The van der Waals surface area contributed by atoms with Gasteiger partial charge in [-0.05, 0) is 72.5 Å². The fraction of sp³-hybridized carbons (Fsp3) is 0.100. The molecule has 0 heterocycles. The maximum atomic E-state index is 12.7. The topological polar surface area (TPSA) is 79.2 Å². The predicted molar refractivity (Wildman–Crippen MR) is 138 cm³/mol. The van der Waals surface area contributed by atoms with Gasteiger partial charge in [-0.2, -0.15) is 5.26 Å². The lowest BCUT2D eigenvalue weighted by atomic mass is 10.0. The summed E-state index contributed by atoms with van der Waals surface area (Å²) in [5, 5.41) is 14.2. The van der Waals surface area contributed by atoms with Crippen LogP contribution < -0.4 is 10.1 Å². The van der Waals surface area contributed by atoms with Crippen LogP contribution >= 0.6 is 0 Å². The number of esters is 1. The molecule has 172 valence electrons. The highest BCUT2D eigenvalue weighted by atomic mass is 16.5. The van der Waals surface area contributed by atoms with Gasteiger partial charge in [-0.1, -0.05) is 66.2 Å². The molecule has 0 saturated carbocycles. The molecule has 0 fully saturated rings. The Hall–Kier alpha value is -4.69. The van der Waals surface area contributed by atoms with Gasteiger partial charge in [-0.15, -0.1) is 0 Å². The molecule has 0 aliphatic heterocycles. The van der Waals surface area contributed by atoms with Crippen LogP contribution in [0.2, 0.25) is 0 Å². The zero-order valence-electron chi connectivity index (χ0n) is 19.8. The number of rotatable bonds is 5. The minimum Gasteiger partial charge on any atom is -0.423 e. The van der Waals surface area contributed by atoms with E-state index >= 15 is 0 Å². The quantitative estimate of drug-likeness (QED) is 0.159. The number of carbonyl (C=O) groups is 2. The number of carbonyl (C=O) groups excluding carboxylic acids is 2. The standard InChI is InChI=1S/C30H24N2O3/c1-19-15-20(2)28(21(3)16-19)32-29(33)24(18-31)17-22-11-13-25(14-12-22)35-30(34)27-10-6-8-23-7-4-5-9-26(23)27/h4-17H,1-3H3,(H,32,33). The van der Waals surface area contributed by atoms with E-state index in [1.54, 1.807) is 30.3 Å². The lowest BCUT2D eigenvalue weighted by Gasteiger charge is -2.12. The summed E-state index contributed by atoms with van der Waals surface area (Å²) in [7, 11) is 0. The van der Waals surface area contributed by atoms with Crippen molar-refractivity contribution in [3.8, 4) is 11.8 Å². The number of fused-ring (bicyclic) bond motifs is 1. The molecule has 0 bridgehead atoms. The molecule has 0 unspecified atom stereocenters. The highest BCUT2D eigenvalue weighted by Gasteiger charge is 2.14. The first-order valence-corrected chi connectivity index (χ1v) is 11.2. The van der Waals surface area contributed by atoms with E-state index in [0.717, 1.165) is 27.5 Å². The van der Waals surface area contributed by atoms with Gasteiger partial charge in [0.15, 0.2) is 0 Å². The Morgan fingerprint density at radius 3 is 2.23 bits per heavy atom. The molecule has 0 spiro atoms. The first-order valence-electron chi connectivity index (χ1n) is 11.2. The molecule has 4 rings (SSSR count). The fourth-order valence-corrected chi connectivity index (χ4v) is 4.07. The molecule has 0 aromatic heterocycles. The van der Waals surface area contributed by atoms with Gasteiger partial charge in [0.2, 0.25) is 0 Å². The van der Waals surface area contributed by atoms with Crippen molar-refractivity contribution in [2.75, 3.05) is 5.32 Å². The number of benzene rings is 4. The van der Waals surface area contributed by atoms with E-state index in [0.29, 0.717) is 22.6 Å². The number of anilines is 1. The molecule has 0 radical (unpaired) electrons. The van der Waals surface area contributed by atoms with Crippen molar-refractivity contribution >= 4 is 34.4 Å². The second-order valence-electron chi connectivity index (χ2n) is 8.38. The molecule has 0 saturated heterocycles. The van der Waals surface area contributed by atoms with Crippen molar-refractivity contribution in [3.63, 3.8) is 0 Å². The van der Waals surface area contributed by atoms with Crippen LogP contribution in [0.5, 0.6) is 5.75 Å². The van der Waals surface area contributed by atoms with Crippen LogP contribution in [0.3, 0.4) is 0 Å². The van der Waals surface area contributed by atoms with Crippen molar-refractivity contribution in [1.29, 1.82) is 5.26 Å². The van der Waals surface area contributed by atoms with Crippen LogP contribution in [0.1, 0.15) is 32.6 Å². The summed E-state index contributed by atoms with van der Waals surface area (Å²) in [4.78, 5) is 25.5. The Morgan fingerprint density at radius 1 is 0.886 bits per heavy atom. The van der Waals surface area contributed by atoms with E-state index in [1.165, 1.54) is 6.08 Å². The first kappa shape index (κ1) is 23.5. The Morgan fingerprint density at radius 2 is 1.54 bits per heavy atom. The monoisotopic (exact) mass is 460 g/mol. The minimum atomic E-state index is -0.478. The highest BCUT2D eigenvalue weighted by molar-refractivity contribution is 6.10. The first-order chi connectivity index (χ1) is 16.9. The van der Waals surface area contributed by atoms with Gasteiger partial charge >= 0.3 is 5.97 Å². The number of nitriles is 1. The zero-order chi connectivity index (χ0) is 24.9. The number of aryl methyl sites for hydroxylation is 3. The second-order valence-corrected chi connectivity index (χ2v) is 8.38. The molecule has 0 aliphatic rings. The van der Waals surface area contributed by atoms with E-state index in [9.17, 15) is 14.9 Å². The second kappa shape index (κ2) is 10.1. The zero-order valence-corrected chi connectivity index (χ0v) is 19.8. The third kappa shape index (κ3) is 5.29. The molecular formula is C30H24N2O3. The average molecular weight is 461 g/mol. The van der Waals surface area contributed by atoms with Gasteiger partial charge in [-0.25, -0.2) is 4.79 Å². The maximum Gasteiger partial charge on any atom is 0.344 e.